The fraction of sp³-hybridized carbons (Fsp3) is 0.312. The van der Waals surface area contributed by atoms with E-state index in [1.54, 1.807) is 23.5 Å². The molecule has 0 aliphatic rings. The van der Waals surface area contributed by atoms with Crippen LogP contribution >= 0.6 is 11.3 Å². The number of thiazole rings is 1. The minimum Gasteiger partial charge on any atom is -0.419 e. The molecule has 2 aromatic heterocycles. The van der Waals surface area contributed by atoms with E-state index >= 15 is 0 Å². The van der Waals surface area contributed by atoms with Gasteiger partial charge >= 0.3 is 0 Å². The van der Waals surface area contributed by atoms with Crippen molar-refractivity contribution >= 4 is 11.3 Å². The lowest BCUT2D eigenvalue weighted by Gasteiger charge is -2.11. The Bertz CT molecular complexity index is 768. The first-order valence-electron chi connectivity index (χ1n) is 7.34. The number of aryl methyl sites for hydroxylation is 1. The fourth-order valence-corrected chi connectivity index (χ4v) is 3.07. The zero-order chi connectivity index (χ0) is 16.2. The minimum absolute atomic E-state index is 0.289. The van der Waals surface area contributed by atoms with Crippen molar-refractivity contribution in [2.24, 2.45) is 0 Å². The van der Waals surface area contributed by atoms with Crippen LogP contribution in [0.25, 0.3) is 11.5 Å². The molecule has 3 rings (SSSR count). The quantitative estimate of drug-likeness (QED) is 0.691. The molecule has 0 amide bonds. The zero-order valence-corrected chi connectivity index (χ0v) is 13.8. The van der Waals surface area contributed by atoms with Crippen LogP contribution in [0.15, 0.2) is 34.9 Å². The lowest BCUT2D eigenvalue weighted by molar-refractivity contribution is 0.282. The standard InChI is InChI=1S/C16H17FN4OS/c1-3-13-8-18-15(23-13)10-21(2)9-14-19-20-16(22-14)11-4-6-12(17)7-5-11/h4-8H,3,9-10H2,1-2H3. The van der Waals surface area contributed by atoms with Gasteiger partial charge in [0.25, 0.3) is 0 Å². The molecule has 0 unspecified atom stereocenters. The number of nitrogens with zero attached hydrogens (tertiary/aromatic N) is 4. The molecule has 0 fully saturated rings. The summed E-state index contributed by atoms with van der Waals surface area (Å²) in [5.74, 6) is 0.637. The summed E-state index contributed by atoms with van der Waals surface area (Å²) in [7, 11) is 1.98. The third kappa shape index (κ3) is 4.00. The molecule has 1 aromatic carbocycles. The van der Waals surface area contributed by atoms with Gasteiger partial charge in [0.1, 0.15) is 10.8 Å². The van der Waals surface area contributed by atoms with Gasteiger partial charge in [-0.3, -0.25) is 4.90 Å². The van der Waals surface area contributed by atoms with Gasteiger partial charge < -0.3 is 4.42 Å². The largest absolute Gasteiger partial charge is 0.419 e. The van der Waals surface area contributed by atoms with Gasteiger partial charge in [0, 0.05) is 16.6 Å². The molecule has 0 saturated heterocycles. The number of hydrogen-bond acceptors (Lipinski definition) is 6. The average Bonchev–Trinajstić information content (AvgIpc) is 3.17. The Labute approximate surface area is 137 Å². The van der Waals surface area contributed by atoms with Crippen LogP contribution in [-0.2, 0) is 19.5 Å². The van der Waals surface area contributed by atoms with Crippen LogP contribution in [0.2, 0.25) is 0 Å². The summed E-state index contributed by atoms with van der Waals surface area (Å²) < 4.78 is 18.6. The molecule has 0 saturated carbocycles. The Morgan fingerprint density at radius 3 is 2.65 bits per heavy atom. The van der Waals surface area contributed by atoms with Crippen molar-refractivity contribution in [3.8, 4) is 11.5 Å². The molecule has 0 N–H and O–H groups in total. The molecule has 0 spiro atoms. The summed E-state index contributed by atoms with van der Waals surface area (Å²) in [6.07, 6.45) is 2.93. The van der Waals surface area contributed by atoms with Crippen LogP contribution in [0.5, 0.6) is 0 Å². The lowest BCUT2D eigenvalue weighted by Crippen LogP contribution is -2.17. The van der Waals surface area contributed by atoms with E-state index in [1.165, 1.54) is 17.0 Å². The third-order valence-corrected chi connectivity index (χ3v) is 4.44. The van der Waals surface area contributed by atoms with Crippen LogP contribution in [0.4, 0.5) is 4.39 Å². The molecule has 3 aromatic rings. The molecule has 0 radical (unpaired) electrons. The smallest absolute Gasteiger partial charge is 0.247 e. The second-order valence-electron chi connectivity index (χ2n) is 5.25. The summed E-state index contributed by atoms with van der Waals surface area (Å²) >= 11 is 1.72. The number of aromatic nitrogens is 3. The van der Waals surface area contributed by atoms with Gasteiger partial charge in [0.15, 0.2) is 0 Å². The molecular weight excluding hydrogens is 315 g/mol. The normalized spacial score (nSPS) is 11.3. The second kappa shape index (κ2) is 6.97. The maximum Gasteiger partial charge on any atom is 0.247 e. The Morgan fingerprint density at radius 1 is 1.17 bits per heavy atom. The summed E-state index contributed by atoms with van der Waals surface area (Å²) in [6, 6.07) is 5.99. The lowest BCUT2D eigenvalue weighted by atomic mass is 10.2. The number of halogens is 1. The van der Waals surface area contributed by atoms with Crippen LogP contribution in [0, 0.1) is 5.82 Å². The molecule has 0 aliphatic carbocycles. The van der Waals surface area contributed by atoms with Crippen LogP contribution in [-0.4, -0.2) is 27.1 Å². The van der Waals surface area contributed by atoms with E-state index in [9.17, 15) is 4.39 Å². The predicted octanol–water partition coefficient (Wildman–Crippen LogP) is 3.53. The van der Waals surface area contributed by atoms with E-state index in [4.69, 9.17) is 4.42 Å². The van der Waals surface area contributed by atoms with Crippen LogP contribution in [0.1, 0.15) is 22.7 Å². The van der Waals surface area contributed by atoms with E-state index in [2.05, 4.69) is 27.0 Å². The van der Waals surface area contributed by atoms with Crippen molar-refractivity contribution in [2.45, 2.75) is 26.4 Å². The average molecular weight is 332 g/mol. The van der Waals surface area contributed by atoms with Crippen molar-refractivity contribution < 1.29 is 8.81 Å². The first-order valence-corrected chi connectivity index (χ1v) is 8.16. The Balaban J connectivity index is 1.62. The third-order valence-electron chi connectivity index (χ3n) is 3.32. The van der Waals surface area contributed by atoms with Gasteiger partial charge in [0.2, 0.25) is 11.8 Å². The highest BCUT2D eigenvalue weighted by atomic mass is 32.1. The summed E-state index contributed by atoms with van der Waals surface area (Å²) in [4.78, 5) is 7.76. The van der Waals surface area contributed by atoms with Gasteiger partial charge in [-0.1, -0.05) is 6.92 Å². The van der Waals surface area contributed by atoms with Crippen LogP contribution in [0.3, 0.4) is 0 Å². The predicted molar refractivity (Wildman–Crippen MR) is 86.4 cm³/mol. The van der Waals surface area contributed by atoms with Crippen molar-refractivity contribution in [3.05, 3.63) is 52.1 Å². The highest BCUT2D eigenvalue weighted by molar-refractivity contribution is 7.11. The Morgan fingerprint density at radius 2 is 1.96 bits per heavy atom. The Kier molecular flexibility index (Phi) is 4.78. The molecule has 0 atom stereocenters. The molecule has 120 valence electrons. The minimum atomic E-state index is -0.289. The van der Waals surface area contributed by atoms with E-state index in [1.807, 2.05) is 13.2 Å². The maximum absolute atomic E-state index is 12.9. The van der Waals surface area contributed by atoms with E-state index in [0.717, 1.165) is 18.0 Å². The molecular formula is C16H17FN4OS. The van der Waals surface area contributed by atoms with E-state index in [0.29, 0.717) is 23.9 Å². The number of rotatable bonds is 6. The van der Waals surface area contributed by atoms with Gasteiger partial charge in [-0.15, -0.1) is 21.5 Å². The van der Waals surface area contributed by atoms with Crippen LogP contribution < -0.4 is 0 Å². The second-order valence-corrected chi connectivity index (χ2v) is 6.45. The van der Waals surface area contributed by atoms with Gasteiger partial charge in [0.05, 0.1) is 13.1 Å². The monoisotopic (exact) mass is 332 g/mol. The first kappa shape index (κ1) is 15.8. The van der Waals surface area contributed by atoms with Gasteiger partial charge in [-0.2, -0.15) is 0 Å². The van der Waals surface area contributed by atoms with Crippen molar-refractivity contribution in [2.75, 3.05) is 7.05 Å². The molecule has 2 heterocycles. The summed E-state index contributed by atoms with van der Waals surface area (Å²) in [5.41, 5.74) is 0.709. The van der Waals surface area contributed by atoms with Gasteiger partial charge in [-0.25, -0.2) is 9.37 Å². The highest BCUT2D eigenvalue weighted by Crippen LogP contribution is 2.19. The Hall–Kier alpha value is -2.12. The molecule has 0 bridgehead atoms. The number of hydrogen-bond donors (Lipinski definition) is 0. The number of benzene rings is 1. The summed E-state index contributed by atoms with van der Waals surface area (Å²) in [6.45, 7) is 3.39. The first-order chi connectivity index (χ1) is 11.1. The van der Waals surface area contributed by atoms with Gasteiger partial charge in [-0.05, 0) is 37.7 Å². The molecule has 7 heteroatoms. The summed E-state index contributed by atoms with van der Waals surface area (Å²) in [5, 5.41) is 9.14. The SMILES string of the molecule is CCc1cnc(CN(C)Cc2nnc(-c3ccc(F)cc3)o2)s1. The van der Waals surface area contributed by atoms with E-state index in [-0.39, 0.29) is 5.82 Å². The fourth-order valence-electron chi connectivity index (χ4n) is 2.13. The molecule has 0 aliphatic heterocycles. The molecule has 5 nitrogen and oxygen atoms in total. The highest BCUT2D eigenvalue weighted by Gasteiger charge is 2.12. The molecule has 23 heavy (non-hydrogen) atoms. The van der Waals surface area contributed by atoms with Crippen molar-refractivity contribution in [1.82, 2.24) is 20.1 Å². The van der Waals surface area contributed by atoms with Crippen molar-refractivity contribution in [1.29, 1.82) is 0 Å². The van der Waals surface area contributed by atoms with Crippen molar-refractivity contribution in [3.63, 3.8) is 0 Å². The van der Waals surface area contributed by atoms with E-state index < -0.39 is 0 Å². The maximum atomic E-state index is 12.9. The topological polar surface area (TPSA) is 55.1 Å². The zero-order valence-electron chi connectivity index (χ0n) is 13.0.